The lowest BCUT2D eigenvalue weighted by Gasteiger charge is -2.14. The zero-order valence-electron chi connectivity index (χ0n) is 16.4. The van der Waals surface area contributed by atoms with Gasteiger partial charge in [-0.3, -0.25) is 4.98 Å². The number of fused-ring (bicyclic) bond motifs is 1. The highest BCUT2D eigenvalue weighted by Crippen LogP contribution is 2.29. The van der Waals surface area contributed by atoms with E-state index in [2.05, 4.69) is 84.8 Å². The Morgan fingerprint density at radius 2 is 1.61 bits per heavy atom. The number of benzene rings is 2. The summed E-state index contributed by atoms with van der Waals surface area (Å²) in [6, 6.07) is 21.3. The Morgan fingerprint density at radius 1 is 0.893 bits per heavy atom. The summed E-state index contributed by atoms with van der Waals surface area (Å²) in [5.41, 5.74) is 4.90. The molecule has 0 amide bonds. The number of nitrogens with zero attached hydrogens (tertiary/aromatic N) is 2. The number of pyridine rings is 2. The van der Waals surface area contributed by atoms with Gasteiger partial charge in [0.15, 0.2) is 0 Å². The topological polar surface area (TPSA) is 37.8 Å². The van der Waals surface area contributed by atoms with E-state index in [1.807, 2.05) is 18.6 Å². The number of anilines is 2. The van der Waals surface area contributed by atoms with Crippen LogP contribution in [0.25, 0.3) is 10.8 Å². The quantitative estimate of drug-likeness (QED) is 0.424. The summed E-state index contributed by atoms with van der Waals surface area (Å²) >= 11 is 0. The first-order valence-electron chi connectivity index (χ1n) is 9.87. The normalized spacial score (nSPS) is 12.1. The molecule has 28 heavy (non-hydrogen) atoms. The third-order valence-corrected chi connectivity index (χ3v) is 5.38. The lowest BCUT2D eigenvalue weighted by atomic mass is 9.98. The molecule has 4 rings (SSSR count). The Hall–Kier alpha value is -3.20. The second-order valence-electron chi connectivity index (χ2n) is 7.27. The lowest BCUT2D eigenvalue weighted by Crippen LogP contribution is -1.99. The van der Waals surface area contributed by atoms with Crippen molar-refractivity contribution in [3.8, 4) is 0 Å². The average Bonchev–Trinajstić information content (AvgIpc) is 2.76. The molecule has 0 saturated heterocycles. The van der Waals surface area contributed by atoms with Crippen molar-refractivity contribution in [3.63, 3.8) is 0 Å². The second kappa shape index (κ2) is 8.22. The smallest absolute Gasteiger partial charge is 0.138 e. The molecule has 0 aliphatic heterocycles. The second-order valence-corrected chi connectivity index (χ2v) is 7.27. The molecule has 1 unspecified atom stereocenters. The molecule has 3 nitrogen and oxygen atoms in total. The van der Waals surface area contributed by atoms with Gasteiger partial charge in [0.1, 0.15) is 5.82 Å². The maximum absolute atomic E-state index is 4.75. The molecule has 1 atom stereocenters. The molecular weight excluding hydrogens is 342 g/mol. The van der Waals surface area contributed by atoms with E-state index in [-0.39, 0.29) is 0 Å². The molecule has 0 saturated carbocycles. The Kier molecular flexibility index (Phi) is 5.34. The van der Waals surface area contributed by atoms with Crippen LogP contribution < -0.4 is 5.32 Å². The number of hydrogen-bond donors (Lipinski definition) is 1. The maximum Gasteiger partial charge on any atom is 0.138 e. The van der Waals surface area contributed by atoms with Crippen LogP contribution in [0, 0.1) is 0 Å². The van der Waals surface area contributed by atoms with Gasteiger partial charge >= 0.3 is 0 Å². The molecule has 1 N–H and O–H groups in total. The SMILES string of the molecule is CCC(C)c1ccc(Nc2ncc(Cc3ccncc3)c3ccccc23)cc1. The van der Waals surface area contributed by atoms with Gasteiger partial charge < -0.3 is 5.32 Å². The zero-order valence-corrected chi connectivity index (χ0v) is 16.4. The third-order valence-electron chi connectivity index (χ3n) is 5.38. The molecule has 0 aliphatic rings. The van der Waals surface area contributed by atoms with Gasteiger partial charge in [-0.25, -0.2) is 4.98 Å². The van der Waals surface area contributed by atoms with E-state index < -0.39 is 0 Å². The molecule has 0 bridgehead atoms. The Labute approximate surface area is 166 Å². The van der Waals surface area contributed by atoms with E-state index in [0.29, 0.717) is 5.92 Å². The van der Waals surface area contributed by atoms with Crippen LogP contribution in [-0.2, 0) is 6.42 Å². The largest absolute Gasteiger partial charge is 0.340 e. The van der Waals surface area contributed by atoms with Crippen LogP contribution in [0.4, 0.5) is 11.5 Å². The molecular formula is C25H25N3. The third kappa shape index (κ3) is 3.89. The molecule has 0 fully saturated rings. The zero-order chi connectivity index (χ0) is 19.3. The fraction of sp³-hybridized carbons (Fsp3) is 0.200. The van der Waals surface area contributed by atoms with Gasteiger partial charge in [0, 0.05) is 29.7 Å². The standard InChI is InChI=1S/C25H25N3/c1-3-18(2)20-8-10-22(11-9-20)28-25-24-7-5-4-6-23(24)21(17-27-25)16-19-12-14-26-15-13-19/h4-15,17-18H,3,16H2,1-2H3,(H,27,28). The van der Waals surface area contributed by atoms with Crippen LogP contribution in [0.2, 0.25) is 0 Å². The van der Waals surface area contributed by atoms with Gasteiger partial charge in [0.25, 0.3) is 0 Å². The monoisotopic (exact) mass is 367 g/mol. The van der Waals surface area contributed by atoms with Crippen LogP contribution in [0.1, 0.15) is 42.9 Å². The summed E-state index contributed by atoms with van der Waals surface area (Å²) in [5.74, 6) is 1.48. The van der Waals surface area contributed by atoms with Crippen molar-refractivity contribution in [2.24, 2.45) is 0 Å². The van der Waals surface area contributed by atoms with Crippen LogP contribution in [0.5, 0.6) is 0 Å². The summed E-state index contributed by atoms with van der Waals surface area (Å²) in [4.78, 5) is 8.85. The fourth-order valence-electron chi connectivity index (χ4n) is 3.48. The first-order chi connectivity index (χ1) is 13.7. The van der Waals surface area contributed by atoms with E-state index in [1.165, 1.54) is 22.1 Å². The minimum Gasteiger partial charge on any atom is -0.340 e. The molecule has 3 heteroatoms. The van der Waals surface area contributed by atoms with E-state index >= 15 is 0 Å². The summed E-state index contributed by atoms with van der Waals surface area (Å²) in [6.45, 7) is 4.49. The number of aromatic nitrogens is 2. The average molecular weight is 367 g/mol. The molecule has 0 spiro atoms. The van der Waals surface area contributed by atoms with Crippen molar-refractivity contribution in [3.05, 3.63) is 95.9 Å². The lowest BCUT2D eigenvalue weighted by molar-refractivity contribution is 0.734. The molecule has 0 radical (unpaired) electrons. The number of nitrogens with one attached hydrogen (secondary N) is 1. The Balaban J connectivity index is 1.64. The maximum atomic E-state index is 4.75. The van der Waals surface area contributed by atoms with Crippen LogP contribution in [0.3, 0.4) is 0 Å². The van der Waals surface area contributed by atoms with E-state index in [0.717, 1.165) is 29.7 Å². The summed E-state index contributed by atoms with van der Waals surface area (Å²) in [6.07, 6.45) is 7.66. The summed E-state index contributed by atoms with van der Waals surface area (Å²) in [5, 5.41) is 5.87. The minimum absolute atomic E-state index is 0.584. The molecule has 2 heterocycles. The predicted octanol–water partition coefficient (Wildman–Crippen LogP) is 6.48. The van der Waals surface area contributed by atoms with Gasteiger partial charge in [-0.15, -0.1) is 0 Å². The van der Waals surface area contributed by atoms with Crippen molar-refractivity contribution in [2.75, 3.05) is 5.32 Å². The molecule has 0 aliphatic carbocycles. The minimum atomic E-state index is 0.584. The molecule has 2 aromatic carbocycles. The first-order valence-corrected chi connectivity index (χ1v) is 9.87. The highest BCUT2D eigenvalue weighted by molar-refractivity contribution is 5.95. The highest BCUT2D eigenvalue weighted by atomic mass is 15.0. The van der Waals surface area contributed by atoms with Gasteiger partial charge in [-0.05, 0) is 65.1 Å². The van der Waals surface area contributed by atoms with Gasteiger partial charge in [0.2, 0.25) is 0 Å². The van der Waals surface area contributed by atoms with Crippen molar-refractivity contribution >= 4 is 22.3 Å². The van der Waals surface area contributed by atoms with Crippen molar-refractivity contribution in [2.45, 2.75) is 32.6 Å². The van der Waals surface area contributed by atoms with Crippen LogP contribution in [-0.4, -0.2) is 9.97 Å². The molecule has 140 valence electrons. The van der Waals surface area contributed by atoms with E-state index in [4.69, 9.17) is 4.98 Å². The summed E-state index contributed by atoms with van der Waals surface area (Å²) < 4.78 is 0. The Bertz CT molecular complexity index is 1060. The Morgan fingerprint density at radius 3 is 2.32 bits per heavy atom. The first kappa shape index (κ1) is 18.2. The van der Waals surface area contributed by atoms with Crippen molar-refractivity contribution in [1.82, 2.24) is 9.97 Å². The van der Waals surface area contributed by atoms with E-state index in [1.54, 1.807) is 0 Å². The van der Waals surface area contributed by atoms with Crippen LogP contribution >= 0.6 is 0 Å². The van der Waals surface area contributed by atoms with Gasteiger partial charge in [-0.2, -0.15) is 0 Å². The highest BCUT2D eigenvalue weighted by Gasteiger charge is 2.09. The van der Waals surface area contributed by atoms with Crippen molar-refractivity contribution in [1.29, 1.82) is 0 Å². The van der Waals surface area contributed by atoms with Crippen molar-refractivity contribution < 1.29 is 0 Å². The molecule has 2 aromatic heterocycles. The number of rotatable bonds is 6. The van der Waals surface area contributed by atoms with E-state index in [9.17, 15) is 0 Å². The van der Waals surface area contributed by atoms with Gasteiger partial charge in [-0.1, -0.05) is 50.2 Å². The molecule has 4 aromatic rings. The van der Waals surface area contributed by atoms with Crippen LogP contribution in [0.15, 0.2) is 79.3 Å². The fourth-order valence-corrected chi connectivity index (χ4v) is 3.48. The predicted molar refractivity (Wildman–Crippen MR) is 117 cm³/mol. The van der Waals surface area contributed by atoms with Gasteiger partial charge in [0.05, 0.1) is 0 Å². The summed E-state index contributed by atoms with van der Waals surface area (Å²) in [7, 11) is 0. The number of hydrogen-bond acceptors (Lipinski definition) is 3.